The van der Waals surface area contributed by atoms with Crippen LogP contribution in [0.1, 0.15) is 47.7 Å². The molecule has 1 aromatic heterocycles. The van der Waals surface area contributed by atoms with Gasteiger partial charge in [-0.1, -0.05) is 79.2 Å². The molecule has 2 unspecified atom stereocenters. The SMILES string of the molecule is COc1ccc(CN(CC(=O)NC(c2ccccc2)C2CCC2)C(=O)C(Cc2cnc[nH]2)NC(=O)OCc2ccccc2)cc1. The third-order valence-corrected chi connectivity index (χ3v) is 8.06. The lowest BCUT2D eigenvalue weighted by Gasteiger charge is -2.35. The first-order chi connectivity index (χ1) is 22.0. The number of ether oxygens (including phenoxy) is 2. The number of imidazole rings is 1. The highest BCUT2D eigenvalue weighted by atomic mass is 16.5. The first-order valence-electron chi connectivity index (χ1n) is 15.2. The van der Waals surface area contributed by atoms with Crippen LogP contribution in [-0.4, -0.2) is 52.5 Å². The number of nitrogens with zero attached hydrogens (tertiary/aromatic N) is 2. The Morgan fingerprint density at radius 2 is 1.64 bits per heavy atom. The van der Waals surface area contributed by atoms with Crippen LogP contribution in [0.25, 0.3) is 0 Å². The van der Waals surface area contributed by atoms with E-state index in [1.54, 1.807) is 25.4 Å². The number of aromatic amines is 1. The zero-order valence-corrected chi connectivity index (χ0v) is 25.4. The highest BCUT2D eigenvalue weighted by molar-refractivity contribution is 5.90. The second kappa shape index (κ2) is 15.6. The average Bonchev–Trinajstić information content (AvgIpc) is 3.56. The van der Waals surface area contributed by atoms with Crippen LogP contribution in [0.4, 0.5) is 4.79 Å². The number of carbonyl (C=O) groups is 3. The van der Waals surface area contributed by atoms with Crippen molar-refractivity contribution in [1.82, 2.24) is 25.5 Å². The number of methoxy groups -OCH3 is 1. The fraction of sp³-hybridized carbons (Fsp3) is 0.314. The summed E-state index contributed by atoms with van der Waals surface area (Å²) in [4.78, 5) is 49.3. The monoisotopic (exact) mass is 609 g/mol. The number of nitrogens with one attached hydrogen (secondary N) is 3. The molecule has 45 heavy (non-hydrogen) atoms. The number of hydrogen-bond donors (Lipinski definition) is 3. The smallest absolute Gasteiger partial charge is 0.408 e. The minimum absolute atomic E-state index is 0.0532. The lowest BCUT2D eigenvalue weighted by Crippen LogP contribution is -2.52. The van der Waals surface area contributed by atoms with Crippen molar-refractivity contribution in [1.29, 1.82) is 0 Å². The minimum atomic E-state index is -1.02. The van der Waals surface area contributed by atoms with E-state index in [0.717, 1.165) is 36.0 Å². The van der Waals surface area contributed by atoms with Gasteiger partial charge in [-0.2, -0.15) is 0 Å². The maximum absolute atomic E-state index is 14.2. The largest absolute Gasteiger partial charge is 0.497 e. The average molecular weight is 610 g/mol. The van der Waals surface area contributed by atoms with E-state index < -0.39 is 18.0 Å². The van der Waals surface area contributed by atoms with Gasteiger partial charge in [-0.25, -0.2) is 9.78 Å². The third kappa shape index (κ3) is 8.95. The quantitative estimate of drug-likeness (QED) is 0.186. The van der Waals surface area contributed by atoms with E-state index in [-0.39, 0.29) is 38.1 Å². The van der Waals surface area contributed by atoms with Gasteiger partial charge in [0.15, 0.2) is 0 Å². The molecule has 10 nitrogen and oxygen atoms in total. The second-order valence-corrected chi connectivity index (χ2v) is 11.2. The zero-order valence-electron chi connectivity index (χ0n) is 25.4. The number of aromatic nitrogens is 2. The molecule has 1 heterocycles. The van der Waals surface area contributed by atoms with Gasteiger partial charge in [0.2, 0.25) is 11.8 Å². The van der Waals surface area contributed by atoms with Gasteiger partial charge in [0.05, 0.1) is 26.0 Å². The molecule has 0 radical (unpaired) electrons. The van der Waals surface area contributed by atoms with Crippen LogP contribution in [0, 0.1) is 5.92 Å². The number of H-pyrrole nitrogens is 1. The van der Waals surface area contributed by atoms with E-state index in [1.165, 1.54) is 11.2 Å². The minimum Gasteiger partial charge on any atom is -0.497 e. The van der Waals surface area contributed by atoms with Crippen molar-refractivity contribution >= 4 is 17.9 Å². The first kappa shape index (κ1) is 31.3. The molecule has 1 saturated carbocycles. The molecule has 0 saturated heterocycles. The maximum atomic E-state index is 14.2. The van der Waals surface area contributed by atoms with Crippen LogP contribution in [0.2, 0.25) is 0 Å². The summed E-state index contributed by atoms with van der Waals surface area (Å²) >= 11 is 0. The second-order valence-electron chi connectivity index (χ2n) is 11.2. The first-order valence-corrected chi connectivity index (χ1v) is 15.2. The predicted octanol–water partition coefficient (Wildman–Crippen LogP) is 4.94. The summed E-state index contributed by atoms with van der Waals surface area (Å²) in [5.41, 5.74) is 3.33. The molecular weight excluding hydrogens is 570 g/mol. The topological polar surface area (TPSA) is 126 Å². The van der Waals surface area contributed by atoms with Crippen LogP contribution in [-0.2, 0) is 33.9 Å². The molecule has 4 aromatic rings. The number of hydrogen-bond acceptors (Lipinski definition) is 6. The molecule has 3 N–H and O–H groups in total. The van der Waals surface area contributed by atoms with Crippen molar-refractivity contribution < 1.29 is 23.9 Å². The number of amides is 3. The molecule has 3 aromatic carbocycles. The summed E-state index contributed by atoms with van der Waals surface area (Å²) in [5.74, 6) is 0.327. The van der Waals surface area contributed by atoms with Crippen molar-refractivity contribution in [2.75, 3.05) is 13.7 Å². The van der Waals surface area contributed by atoms with E-state index >= 15 is 0 Å². The lowest BCUT2D eigenvalue weighted by atomic mass is 9.77. The molecular formula is C35H39N5O5. The van der Waals surface area contributed by atoms with Gasteiger partial charge >= 0.3 is 6.09 Å². The van der Waals surface area contributed by atoms with Crippen molar-refractivity contribution in [3.05, 3.63) is 120 Å². The molecule has 0 bridgehead atoms. The number of carbonyl (C=O) groups excluding carboxylic acids is 3. The fourth-order valence-corrected chi connectivity index (χ4v) is 5.41. The highest BCUT2D eigenvalue weighted by Gasteiger charge is 2.32. The third-order valence-electron chi connectivity index (χ3n) is 8.06. The van der Waals surface area contributed by atoms with E-state index in [1.807, 2.05) is 72.8 Å². The Hall–Kier alpha value is -5.12. The molecule has 0 spiro atoms. The van der Waals surface area contributed by atoms with Crippen molar-refractivity contribution in [2.45, 2.75) is 50.9 Å². The summed E-state index contributed by atoms with van der Waals surface area (Å²) in [6, 6.07) is 25.4. The molecule has 1 aliphatic rings. The van der Waals surface area contributed by atoms with Crippen LogP contribution in [0.3, 0.4) is 0 Å². The van der Waals surface area contributed by atoms with Crippen LogP contribution >= 0.6 is 0 Å². The summed E-state index contributed by atoms with van der Waals surface area (Å²) in [6.07, 6.45) is 5.71. The molecule has 5 rings (SSSR count). The zero-order chi connectivity index (χ0) is 31.4. The molecule has 10 heteroatoms. The fourth-order valence-electron chi connectivity index (χ4n) is 5.41. The Kier molecular flexibility index (Phi) is 10.8. The lowest BCUT2D eigenvalue weighted by molar-refractivity contribution is -0.138. The number of rotatable bonds is 14. The van der Waals surface area contributed by atoms with Crippen molar-refractivity contribution in [3.8, 4) is 5.75 Å². The summed E-state index contributed by atoms with van der Waals surface area (Å²) in [5, 5.41) is 5.94. The van der Waals surface area contributed by atoms with Crippen LogP contribution in [0.5, 0.6) is 5.75 Å². The molecule has 1 fully saturated rings. The Labute approximate surface area is 263 Å². The van der Waals surface area contributed by atoms with Crippen molar-refractivity contribution in [3.63, 3.8) is 0 Å². The molecule has 2 atom stereocenters. The molecule has 3 amide bonds. The van der Waals surface area contributed by atoms with Gasteiger partial charge < -0.3 is 30.0 Å². The predicted molar refractivity (Wildman–Crippen MR) is 169 cm³/mol. The van der Waals surface area contributed by atoms with Crippen LogP contribution in [0.15, 0.2) is 97.5 Å². The number of benzene rings is 3. The molecule has 0 aliphatic heterocycles. The van der Waals surface area contributed by atoms with E-state index in [4.69, 9.17) is 9.47 Å². The van der Waals surface area contributed by atoms with Gasteiger partial charge in [0.25, 0.3) is 0 Å². The van der Waals surface area contributed by atoms with E-state index in [2.05, 4.69) is 20.6 Å². The Morgan fingerprint density at radius 1 is 0.933 bits per heavy atom. The Balaban J connectivity index is 1.35. The molecule has 234 valence electrons. The standard InChI is InChI=1S/C35H39N5O5/c1-44-30-17-15-25(16-18-30)21-40(22-32(41)39-33(28-13-8-14-28)27-11-6-3-7-12-27)34(42)31(19-29-20-36-24-37-29)38-35(43)45-23-26-9-4-2-5-10-26/h2-7,9-12,15-18,20,24,28,31,33H,8,13-14,19,21-23H2,1H3,(H,36,37)(H,38,43)(H,39,41). The van der Waals surface area contributed by atoms with E-state index in [9.17, 15) is 14.4 Å². The summed E-state index contributed by atoms with van der Waals surface area (Å²) in [6.45, 7) is 0.00862. The van der Waals surface area contributed by atoms with Crippen molar-refractivity contribution in [2.24, 2.45) is 5.92 Å². The normalized spacial score (nSPS) is 14.0. The molecule has 1 aliphatic carbocycles. The van der Waals surface area contributed by atoms with Gasteiger partial charge in [-0.15, -0.1) is 0 Å². The van der Waals surface area contributed by atoms with Gasteiger partial charge in [0.1, 0.15) is 18.4 Å². The summed E-state index contributed by atoms with van der Waals surface area (Å²) < 4.78 is 10.7. The van der Waals surface area contributed by atoms with Crippen LogP contribution < -0.4 is 15.4 Å². The van der Waals surface area contributed by atoms with E-state index in [0.29, 0.717) is 17.4 Å². The van der Waals surface area contributed by atoms with Gasteiger partial charge in [-0.05, 0) is 47.6 Å². The van der Waals surface area contributed by atoms with Gasteiger partial charge in [-0.3, -0.25) is 9.59 Å². The highest BCUT2D eigenvalue weighted by Crippen LogP contribution is 2.37. The van der Waals surface area contributed by atoms with Gasteiger partial charge in [0, 0.05) is 24.9 Å². The Morgan fingerprint density at radius 3 is 2.27 bits per heavy atom. The number of alkyl carbamates (subject to hydrolysis) is 1. The Bertz CT molecular complexity index is 1510. The summed E-state index contributed by atoms with van der Waals surface area (Å²) in [7, 11) is 1.59. The maximum Gasteiger partial charge on any atom is 0.408 e.